The van der Waals surface area contributed by atoms with Crippen molar-refractivity contribution in [1.82, 2.24) is 30.1 Å². The number of hydrogen-bond acceptors (Lipinski definition) is 6. The number of carbonyl (C=O) groups excluding carboxylic acids is 1. The van der Waals surface area contributed by atoms with E-state index in [0.717, 1.165) is 22.5 Å². The summed E-state index contributed by atoms with van der Waals surface area (Å²) in [6.07, 6.45) is 3.02. The number of halogens is 1. The first-order chi connectivity index (χ1) is 12.4. The van der Waals surface area contributed by atoms with Crippen molar-refractivity contribution in [1.29, 1.82) is 0 Å². The number of rotatable bonds is 5. The van der Waals surface area contributed by atoms with Crippen LogP contribution in [-0.2, 0) is 13.6 Å². The molecule has 0 spiro atoms. The van der Waals surface area contributed by atoms with E-state index in [9.17, 15) is 9.18 Å². The zero-order valence-electron chi connectivity index (χ0n) is 14.8. The van der Waals surface area contributed by atoms with E-state index in [0.29, 0.717) is 11.5 Å². The lowest BCUT2D eigenvalue weighted by Gasteiger charge is -1.94. The summed E-state index contributed by atoms with van der Waals surface area (Å²) in [4.78, 5) is 12.1. The van der Waals surface area contributed by atoms with Gasteiger partial charge in [-0.25, -0.2) is 10.1 Å². The van der Waals surface area contributed by atoms with E-state index in [2.05, 4.69) is 25.9 Å². The molecular formula is C16H18FN7O2. The van der Waals surface area contributed by atoms with Gasteiger partial charge in [-0.15, -0.1) is 0 Å². The molecule has 0 fully saturated rings. The third-order valence-corrected chi connectivity index (χ3v) is 3.83. The average Bonchev–Trinajstić information content (AvgIpc) is 3.29. The average molecular weight is 359 g/mol. The molecule has 9 nitrogen and oxygen atoms in total. The van der Waals surface area contributed by atoms with E-state index in [1.54, 1.807) is 11.6 Å². The highest BCUT2D eigenvalue weighted by atomic mass is 19.1. The van der Waals surface area contributed by atoms with Gasteiger partial charge in [0.2, 0.25) is 5.95 Å². The number of carbonyl (C=O) groups is 1. The normalized spacial score (nSPS) is 11.4. The van der Waals surface area contributed by atoms with E-state index in [1.807, 2.05) is 20.0 Å². The highest BCUT2D eigenvalue weighted by Crippen LogP contribution is 2.23. The van der Waals surface area contributed by atoms with Gasteiger partial charge < -0.3 is 4.52 Å². The first-order valence-corrected chi connectivity index (χ1v) is 7.94. The SMILES string of the molecule is CCn1cc(-c2cc(C(=O)N/N=C/c3c(C)nn(C)c3F)no2)c(C)n1. The molecule has 3 aromatic rings. The molecular weight excluding hydrogens is 341 g/mol. The summed E-state index contributed by atoms with van der Waals surface area (Å²) in [5.74, 6) is -0.670. The summed E-state index contributed by atoms with van der Waals surface area (Å²) in [6, 6.07) is 1.50. The molecule has 3 aromatic heterocycles. The molecule has 3 heterocycles. The van der Waals surface area contributed by atoms with Crippen LogP contribution in [0.5, 0.6) is 0 Å². The summed E-state index contributed by atoms with van der Waals surface area (Å²) >= 11 is 0. The standard InChI is InChI=1S/C16H18FN7O2/c1-5-24-8-12(10(3)21-24)14-6-13(22-26-14)16(25)19-18-7-11-9(2)20-23(4)15(11)17/h6-8H,5H2,1-4H3,(H,19,25)/b18-7+. The van der Waals surface area contributed by atoms with Gasteiger partial charge in [-0.3, -0.25) is 9.48 Å². The number of nitrogens with one attached hydrogen (secondary N) is 1. The van der Waals surface area contributed by atoms with Crippen LogP contribution in [0.3, 0.4) is 0 Å². The van der Waals surface area contributed by atoms with Crippen LogP contribution in [-0.4, -0.2) is 36.8 Å². The molecule has 0 aromatic carbocycles. The Morgan fingerprint density at radius 3 is 2.77 bits per heavy atom. The maximum atomic E-state index is 13.8. The Labute approximate surface area is 148 Å². The number of aromatic nitrogens is 5. The van der Waals surface area contributed by atoms with Gasteiger partial charge in [-0.1, -0.05) is 5.16 Å². The summed E-state index contributed by atoms with van der Waals surface area (Å²) in [5.41, 5.74) is 4.56. The number of aryl methyl sites for hydroxylation is 4. The molecule has 0 saturated heterocycles. The van der Waals surface area contributed by atoms with Crippen LogP contribution >= 0.6 is 0 Å². The van der Waals surface area contributed by atoms with Gasteiger partial charge in [0.25, 0.3) is 5.91 Å². The van der Waals surface area contributed by atoms with Crippen LogP contribution in [0.4, 0.5) is 4.39 Å². The Kier molecular flexibility index (Phi) is 4.65. The molecule has 0 atom stereocenters. The van der Waals surface area contributed by atoms with Crippen molar-refractivity contribution in [2.45, 2.75) is 27.3 Å². The fourth-order valence-electron chi connectivity index (χ4n) is 2.44. The van der Waals surface area contributed by atoms with Crippen molar-refractivity contribution in [2.24, 2.45) is 12.1 Å². The zero-order chi connectivity index (χ0) is 18.8. The van der Waals surface area contributed by atoms with Crippen LogP contribution in [0.15, 0.2) is 21.9 Å². The molecule has 136 valence electrons. The van der Waals surface area contributed by atoms with E-state index in [4.69, 9.17) is 4.52 Å². The Hall–Kier alpha value is -3.30. The molecule has 1 N–H and O–H groups in total. The number of hydrogen-bond donors (Lipinski definition) is 1. The van der Waals surface area contributed by atoms with Gasteiger partial charge >= 0.3 is 0 Å². The van der Waals surface area contributed by atoms with Crippen molar-refractivity contribution in [3.05, 3.63) is 40.9 Å². The summed E-state index contributed by atoms with van der Waals surface area (Å²) in [5, 5.41) is 15.7. The Morgan fingerprint density at radius 1 is 1.38 bits per heavy atom. The maximum absolute atomic E-state index is 13.8. The van der Waals surface area contributed by atoms with Crippen LogP contribution in [0.25, 0.3) is 11.3 Å². The van der Waals surface area contributed by atoms with Crippen molar-refractivity contribution in [2.75, 3.05) is 0 Å². The van der Waals surface area contributed by atoms with E-state index < -0.39 is 11.9 Å². The molecule has 0 aliphatic heterocycles. The Bertz CT molecular complexity index is 983. The smallest absolute Gasteiger partial charge is 0.293 e. The quantitative estimate of drug-likeness (QED) is 0.553. The van der Waals surface area contributed by atoms with Crippen molar-refractivity contribution in [3.63, 3.8) is 0 Å². The highest BCUT2D eigenvalue weighted by Gasteiger charge is 2.17. The summed E-state index contributed by atoms with van der Waals surface area (Å²) < 4.78 is 21.9. The Morgan fingerprint density at radius 2 is 2.15 bits per heavy atom. The summed E-state index contributed by atoms with van der Waals surface area (Å²) in [7, 11) is 1.48. The first-order valence-electron chi connectivity index (χ1n) is 7.94. The Balaban J connectivity index is 1.72. The number of amides is 1. The minimum Gasteiger partial charge on any atom is -0.355 e. The lowest BCUT2D eigenvalue weighted by molar-refractivity contribution is 0.0946. The minimum absolute atomic E-state index is 0.0594. The molecule has 3 rings (SSSR count). The maximum Gasteiger partial charge on any atom is 0.293 e. The largest absolute Gasteiger partial charge is 0.355 e. The first kappa shape index (κ1) is 17.5. The van der Waals surface area contributed by atoms with Crippen LogP contribution < -0.4 is 5.43 Å². The molecule has 1 amide bonds. The minimum atomic E-state index is -0.571. The van der Waals surface area contributed by atoms with Gasteiger partial charge in [0, 0.05) is 25.9 Å². The lowest BCUT2D eigenvalue weighted by Crippen LogP contribution is -2.18. The predicted molar refractivity (Wildman–Crippen MR) is 91.1 cm³/mol. The third-order valence-electron chi connectivity index (χ3n) is 3.83. The second kappa shape index (κ2) is 6.90. The molecule has 0 bridgehead atoms. The number of nitrogens with zero attached hydrogens (tertiary/aromatic N) is 6. The van der Waals surface area contributed by atoms with Crippen LogP contribution in [0, 0.1) is 19.8 Å². The van der Waals surface area contributed by atoms with E-state index in [1.165, 1.54) is 19.3 Å². The van der Waals surface area contributed by atoms with Gasteiger partial charge in [-0.05, 0) is 20.8 Å². The van der Waals surface area contributed by atoms with E-state index >= 15 is 0 Å². The number of hydrazone groups is 1. The summed E-state index contributed by atoms with van der Waals surface area (Å²) in [6.45, 7) is 6.19. The van der Waals surface area contributed by atoms with Crippen molar-refractivity contribution >= 4 is 12.1 Å². The highest BCUT2D eigenvalue weighted by molar-refractivity contribution is 5.94. The fraction of sp³-hybridized carbons (Fsp3) is 0.312. The third kappa shape index (κ3) is 3.25. The van der Waals surface area contributed by atoms with Crippen molar-refractivity contribution < 1.29 is 13.7 Å². The molecule has 0 radical (unpaired) electrons. The monoisotopic (exact) mass is 359 g/mol. The zero-order valence-corrected chi connectivity index (χ0v) is 14.8. The predicted octanol–water partition coefficient (Wildman–Crippen LogP) is 1.81. The second-order valence-corrected chi connectivity index (χ2v) is 5.67. The van der Waals surface area contributed by atoms with Gasteiger partial charge in [0.15, 0.2) is 11.5 Å². The lowest BCUT2D eigenvalue weighted by atomic mass is 10.2. The molecule has 0 saturated carbocycles. The van der Waals surface area contributed by atoms with Gasteiger partial charge in [0.05, 0.1) is 28.7 Å². The second-order valence-electron chi connectivity index (χ2n) is 5.67. The molecule has 0 aliphatic carbocycles. The van der Waals surface area contributed by atoms with Crippen LogP contribution in [0.1, 0.15) is 34.4 Å². The topological polar surface area (TPSA) is 103 Å². The van der Waals surface area contributed by atoms with E-state index in [-0.39, 0.29) is 11.3 Å². The van der Waals surface area contributed by atoms with Crippen molar-refractivity contribution in [3.8, 4) is 11.3 Å². The molecule has 0 unspecified atom stereocenters. The van der Waals surface area contributed by atoms with Crippen LogP contribution in [0.2, 0.25) is 0 Å². The van der Waals surface area contributed by atoms with Gasteiger partial charge in [0.1, 0.15) is 0 Å². The fourth-order valence-corrected chi connectivity index (χ4v) is 2.44. The molecule has 0 aliphatic rings. The molecule has 10 heteroatoms. The van der Waals surface area contributed by atoms with Gasteiger partial charge in [-0.2, -0.15) is 19.7 Å². The molecule has 26 heavy (non-hydrogen) atoms.